The Bertz CT molecular complexity index is 1000. The van der Waals surface area contributed by atoms with Gasteiger partial charge in [0.1, 0.15) is 5.75 Å². The molecule has 3 nitrogen and oxygen atoms in total. The molecule has 0 bridgehead atoms. The van der Waals surface area contributed by atoms with Crippen molar-refractivity contribution in [3.63, 3.8) is 0 Å². The van der Waals surface area contributed by atoms with Crippen molar-refractivity contribution in [1.29, 1.82) is 0 Å². The van der Waals surface area contributed by atoms with Crippen molar-refractivity contribution in [2.24, 2.45) is 0 Å². The second-order valence-electron chi connectivity index (χ2n) is 6.22. The number of carboxylic acid groups (broad SMARTS) is 1. The molecule has 0 aliphatic heterocycles. The van der Waals surface area contributed by atoms with Gasteiger partial charge in [0.25, 0.3) is 0 Å². The monoisotopic (exact) mass is 570 g/mol. The quantitative estimate of drug-likeness (QED) is 0.228. The number of halogens is 3. The highest BCUT2D eigenvalue weighted by atomic mass is 127. The Kier molecular flexibility index (Phi) is 8.50. The lowest BCUT2D eigenvalue weighted by molar-refractivity contribution is -0.139. The maximum atomic E-state index is 10.7. The molecule has 0 atom stereocenters. The normalized spacial score (nSPS) is 10.5. The smallest absolute Gasteiger partial charge is 0.341 e. The number of carbonyl (C=O) groups is 1. The Morgan fingerprint density at radius 1 is 0.967 bits per heavy atom. The summed E-state index contributed by atoms with van der Waals surface area (Å²) in [4.78, 5) is 11.7. The van der Waals surface area contributed by atoms with E-state index in [1.54, 1.807) is 17.8 Å². The van der Waals surface area contributed by atoms with Gasteiger partial charge in [0.2, 0.25) is 0 Å². The zero-order valence-electron chi connectivity index (χ0n) is 15.6. The van der Waals surface area contributed by atoms with E-state index in [0.717, 1.165) is 30.9 Å². The third-order valence-electron chi connectivity index (χ3n) is 4.10. The minimum Gasteiger partial charge on any atom is -0.481 e. The Balaban J connectivity index is 1.77. The van der Waals surface area contributed by atoms with Gasteiger partial charge >= 0.3 is 5.97 Å². The number of aliphatic carboxylic acids is 1. The van der Waals surface area contributed by atoms with Crippen molar-refractivity contribution in [3.8, 4) is 5.75 Å². The van der Waals surface area contributed by atoms with Crippen molar-refractivity contribution >= 4 is 69.1 Å². The van der Waals surface area contributed by atoms with Crippen LogP contribution in [0.4, 0.5) is 0 Å². The summed E-state index contributed by atoms with van der Waals surface area (Å²) in [5, 5.41) is 10.1. The predicted molar refractivity (Wildman–Crippen MR) is 133 cm³/mol. The van der Waals surface area contributed by atoms with Crippen LogP contribution in [0.25, 0.3) is 5.57 Å². The first-order valence-electron chi connectivity index (χ1n) is 8.91. The van der Waals surface area contributed by atoms with Gasteiger partial charge in [-0.05, 0) is 81.8 Å². The number of thioether (sulfide) groups is 1. The SMILES string of the molecule is O=C(O)COc1ccc(SCC=C(c2ccc(Cl)cc2)c2ccc(Cl)cc2)cc1I. The highest BCUT2D eigenvalue weighted by molar-refractivity contribution is 14.1. The van der Waals surface area contributed by atoms with Crippen LogP contribution >= 0.6 is 57.6 Å². The first-order chi connectivity index (χ1) is 14.4. The van der Waals surface area contributed by atoms with Crippen LogP contribution in [0.15, 0.2) is 77.7 Å². The molecule has 0 saturated heterocycles. The molecule has 0 spiro atoms. The zero-order chi connectivity index (χ0) is 21.5. The maximum Gasteiger partial charge on any atom is 0.341 e. The molecule has 3 aromatic rings. The number of rotatable bonds is 8. The van der Waals surface area contributed by atoms with Gasteiger partial charge in [-0.1, -0.05) is 53.5 Å². The molecular formula is C23H17Cl2IO3S. The summed E-state index contributed by atoms with van der Waals surface area (Å²) in [6.07, 6.45) is 2.18. The molecule has 0 amide bonds. The summed E-state index contributed by atoms with van der Waals surface area (Å²) in [5.41, 5.74) is 3.26. The van der Waals surface area contributed by atoms with Crippen LogP contribution in [-0.2, 0) is 4.79 Å². The van der Waals surface area contributed by atoms with Crippen LogP contribution in [0.5, 0.6) is 5.75 Å². The van der Waals surface area contributed by atoms with Crippen molar-refractivity contribution in [2.45, 2.75) is 4.90 Å². The molecule has 0 aliphatic carbocycles. The third-order valence-corrected chi connectivity index (χ3v) is 6.37. The second kappa shape index (κ2) is 11.1. The van der Waals surface area contributed by atoms with Crippen LogP contribution in [0.3, 0.4) is 0 Å². The van der Waals surface area contributed by atoms with Gasteiger partial charge < -0.3 is 9.84 Å². The van der Waals surface area contributed by atoms with E-state index in [4.69, 9.17) is 33.0 Å². The molecular weight excluding hydrogens is 554 g/mol. The van der Waals surface area contributed by atoms with Crippen LogP contribution in [-0.4, -0.2) is 23.4 Å². The van der Waals surface area contributed by atoms with E-state index in [0.29, 0.717) is 15.8 Å². The van der Waals surface area contributed by atoms with Gasteiger partial charge in [-0.2, -0.15) is 0 Å². The highest BCUT2D eigenvalue weighted by Crippen LogP contribution is 2.30. The lowest BCUT2D eigenvalue weighted by Gasteiger charge is -2.10. The van der Waals surface area contributed by atoms with Crippen LogP contribution < -0.4 is 4.74 Å². The van der Waals surface area contributed by atoms with Gasteiger partial charge in [0.05, 0.1) is 3.57 Å². The minimum atomic E-state index is -0.994. The fourth-order valence-corrected chi connectivity index (χ4v) is 4.65. The van der Waals surface area contributed by atoms with E-state index in [1.165, 1.54) is 0 Å². The molecule has 154 valence electrons. The van der Waals surface area contributed by atoms with E-state index in [9.17, 15) is 4.79 Å². The fraction of sp³-hybridized carbons (Fsp3) is 0.0870. The molecule has 3 aromatic carbocycles. The second-order valence-corrected chi connectivity index (χ2v) is 9.35. The van der Waals surface area contributed by atoms with Crippen LogP contribution in [0.2, 0.25) is 10.0 Å². The number of hydrogen-bond donors (Lipinski definition) is 1. The van der Waals surface area contributed by atoms with E-state index in [-0.39, 0.29) is 6.61 Å². The van der Waals surface area contributed by atoms with Crippen LogP contribution in [0.1, 0.15) is 11.1 Å². The number of ether oxygens (including phenoxy) is 1. The van der Waals surface area contributed by atoms with Crippen molar-refractivity contribution < 1.29 is 14.6 Å². The van der Waals surface area contributed by atoms with Gasteiger partial charge in [0.15, 0.2) is 6.61 Å². The molecule has 3 rings (SSSR count). The first-order valence-corrected chi connectivity index (χ1v) is 11.7. The van der Waals surface area contributed by atoms with Gasteiger partial charge in [-0.25, -0.2) is 4.79 Å². The summed E-state index contributed by atoms with van der Waals surface area (Å²) in [6, 6.07) is 21.3. The first kappa shape index (κ1) is 23.0. The topological polar surface area (TPSA) is 46.5 Å². The van der Waals surface area contributed by atoms with Crippen molar-refractivity contribution in [1.82, 2.24) is 0 Å². The summed E-state index contributed by atoms with van der Waals surface area (Å²) >= 11 is 15.9. The molecule has 0 unspecified atom stereocenters. The van der Waals surface area contributed by atoms with Crippen LogP contribution in [0, 0.1) is 3.57 Å². The molecule has 0 heterocycles. The molecule has 7 heteroatoms. The predicted octanol–water partition coefficient (Wildman–Crippen LogP) is 7.29. The Morgan fingerprint density at radius 3 is 2.03 bits per heavy atom. The summed E-state index contributed by atoms with van der Waals surface area (Å²) in [6.45, 7) is -0.350. The van der Waals surface area contributed by atoms with Crippen molar-refractivity contribution in [2.75, 3.05) is 12.4 Å². The van der Waals surface area contributed by atoms with E-state index in [2.05, 4.69) is 28.7 Å². The fourth-order valence-electron chi connectivity index (χ4n) is 2.71. The summed E-state index contributed by atoms with van der Waals surface area (Å²) < 4.78 is 6.15. The van der Waals surface area contributed by atoms with E-state index < -0.39 is 5.97 Å². The largest absolute Gasteiger partial charge is 0.481 e. The molecule has 1 N–H and O–H groups in total. The van der Waals surface area contributed by atoms with E-state index >= 15 is 0 Å². The number of hydrogen-bond acceptors (Lipinski definition) is 3. The summed E-state index contributed by atoms with van der Waals surface area (Å²) in [5.74, 6) is 0.332. The molecule has 30 heavy (non-hydrogen) atoms. The maximum absolute atomic E-state index is 10.7. The zero-order valence-corrected chi connectivity index (χ0v) is 20.1. The summed E-state index contributed by atoms with van der Waals surface area (Å²) in [7, 11) is 0. The molecule has 0 saturated carbocycles. The molecule has 0 fully saturated rings. The Morgan fingerprint density at radius 2 is 1.53 bits per heavy atom. The number of benzene rings is 3. The number of carboxylic acids is 1. The lowest BCUT2D eigenvalue weighted by Crippen LogP contribution is -2.10. The Hall–Kier alpha value is -1.67. The average molecular weight is 571 g/mol. The average Bonchev–Trinajstić information content (AvgIpc) is 2.72. The molecule has 0 radical (unpaired) electrons. The third kappa shape index (κ3) is 6.67. The Labute approximate surface area is 203 Å². The standard InChI is InChI=1S/C23H17Cl2IO3S/c24-17-5-1-15(2-6-17)20(16-3-7-18(25)8-4-16)11-12-30-19-9-10-22(21(26)13-19)29-14-23(27)28/h1-11,13H,12,14H2,(H,27,28). The van der Waals surface area contributed by atoms with Gasteiger partial charge in [0, 0.05) is 20.7 Å². The van der Waals surface area contributed by atoms with Gasteiger partial charge in [-0.3, -0.25) is 0 Å². The van der Waals surface area contributed by atoms with E-state index in [1.807, 2.05) is 60.7 Å². The molecule has 0 aliphatic rings. The van der Waals surface area contributed by atoms with Gasteiger partial charge in [-0.15, -0.1) is 11.8 Å². The molecule has 0 aromatic heterocycles. The minimum absolute atomic E-state index is 0.350. The highest BCUT2D eigenvalue weighted by Gasteiger charge is 2.08. The lowest BCUT2D eigenvalue weighted by atomic mass is 9.98. The van der Waals surface area contributed by atoms with Crippen molar-refractivity contribution in [3.05, 3.63) is 97.5 Å².